The third-order valence-electron chi connectivity index (χ3n) is 11.8. The largest absolute Gasteiger partial charge is 0.310 e. The summed E-state index contributed by atoms with van der Waals surface area (Å²) in [5.41, 5.74) is 16.2. The van der Waals surface area contributed by atoms with Gasteiger partial charge in [0.1, 0.15) is 0 Å². The second-order valence-corrected chi connectivity index (χ2v) is 18.6. The summed E-state index contributed by atoms with van der Waals surface area (Å²) < 4.78 is 0. The van der Waals surface area contributed by atoms with Crippen LogP contribution in [0.4, 0.5) is 34.1 Å². The molecule has 2 nitrogen and oxygen atoms in total. The lowest BCUT2D eigenvalue weighted by atomic mass is 9.97. The van der Waals surface area contributed by atoms with Crippen molar-refractivity contribution in [2.45, 2.75) is 33.4 Å². The summed E-state index contributed by atoms with van der Waals surface area (Å²) in [6.45, 7) is 4.47. The predicted octanol–water partition coefficient (Wildman–Crippen LogP) is 18.5. The van der Waals surface area contributed by atoms with E-state index >= 15 is 0 Å². The molecule has 0 saturated heterocycles. The van der Waals surface area contributed by atoms with E-state index in [1.54, 1.807) is 23.5 Å². The van der Waals surface area contributed by atoms with E-state index in [2.05, 4.69) is 278 Å². The van der Waals surface area contributed by atoms with Crippen molar-refractivity contribution in [1.29, 1.82) is 0 Å². The van der Waals surface area contributed by atoms with Crippen molar-refractivity contribution in [1.82, 2.24) is 0 Å². The summed E-state index contributed by atoms with van der Waals surface area (Å²) in [6, 6.07) is 91.8. The zero-order chi connectivity index (χ0) is 44.7. The van der Waals surface area contributed by atoms with Gasteiger partial charge in [0.05, 0.1) is 11.4 Å². The number of aryl methyl sites for hydroxylation is 2. The fraction of sp³-hybridized carbons (Fsp3) is 0.0323. The maximum Gasteiger partial charge on any atom is 0.0540 e. The molecule has 10 rings (SSSR count). The Bertz CT molecular complexity index is 2970. The van der Waals surface area contributed by atoms with Gasteiger partial charge in [-0.1, -0.05) is 169 Å². The molecule has 0 saturated carbocycles. The molecule has 0 spiro atoms. The van der Waals surface area contributed by atoms with Crippen LogP contribution < -0.4 is 9.80 Å². The van der Waals surface area contributed by atoms with Gasteiger partial charge >= 0.3 is 0 Å². The zero-order valence-corrected chi connectivity index (χ0v) is 38.6. The first-order valence-electron chi connectivity index (χ1n) is 22.3. The van der Waals surface area contributed by atoms with Crippen molar-refractivity contribution >= 4 is 57.6 Å². The van der Waals surface area contributed by atoms with Crippen molar-refractivity contribution in [3.8, 4) is 33.4 Å². The summed E-state index contributed by atoms with van der Waals surface area (Å²) in [4.78, 5) is 9.69. The molecule has 0 unspecified atom stereocenters. The van der Waals surface area contributed by atoms with Crippen LogP contribution in [0.1, 0.15) is 11.1 Å². The van der Waals surface area contributed by atoms with Gasteiger partial charge in [-0.25, -0.2) is 0 Å². The van der Waals surface area contributed by atoms with Gasteiger partial charge in [-0.3, -0.25) is 0 Å². The molecule has 0 heterocycles. The van der Waals surface area contributed by atoms with Gasteiger partial charge in [0, 0.05) is 53.5 Å². The standard InChI is InChI=1S/C62H48N2S2/c1-45-43-49(31-41-59(45)63(61-29-17-15-27-57(61)47-19-7-3-8-20-47)51-33-37-55(38-34-51)65-53-23-11-5-12-24-53)50-32-42-60(46(2)44-50)64(62-30-18-16-28-58(62)48-21-9-4-10-22-48)52-35-39-56(40-36-52)66-54-25-13-6-14-26-54/h3-44H,1-2H3. The summed E-state index contributed by atoms with van der Waals surface area (Å²) >= 11 is 3.56. The molecule has 10 aromatic rings. The van der Waals surface area contributed by atoms with Crippen molar-refractivity contribution in [3.05, 3.63) is 266 Å². The molecular formula is C62H48N2S2. The normalized spacial score (nSPS) is 11.0. The van der Waals surface area contributed by atoms with Gasteiger partial charge in [-0.2, -0.15) is 0 Å². The highest BCUT2D eigenvalue weighted by Gasteiger charge is 2.22. The summed E-state index contributed by atoms with van der Waals surface area (Å²) in [6.07, 6.45) is 0. The molecule has 0 atom stereocenters. The number of benzene rings is 10. The van der Waals surface area contributed by atoms with Crippen molar-refractivity contribution in [2.75, 3.05) is 9.80 Å². The third-order valence-corrected chi connectivity index (χ3v) is 13.8. The first-order valence-corrected chi connectivity index (χ1v) is 24.0. The van der Waals surface area contributed by atoms with E-state index in [0.29, 0.717) is 0 Å². The Morgan fingerprint density at radius 3 is 0.939 bits per heavy atom. The zero-order valence-electron chi connectivity index (χ0n) is 37.0. The molecular weight excluding hydrogens is 837 g/mol. The molecule has 0 bridgehead atoms. The van der Waals surface area contributed by atoms with E-state index in [1.165, 1.54) is 64.1 Å². The van der Waals surface area contributed by atoms with E-state index in [4.69, 9.17) is 0 Å². The molecule has 4 heteroatoms. The number of para-hydroxylation sites is 2. The number of hydrogen-bond donors (Lipinski definition) is 0. The molecule has 0 fully saturated rings. The van der Waals surface area contributed by atoms with Gasteiger partial charge in [0.2, 0.25) is 0 Å². The molecule has 0 aromatic heterocycles. The topological polar surface area (TPSA) is 6.48 Å². The van der Waals surface area contributed by atoms with Gasteiger partial charge in [0.25, 0.3) is 0 Å². The highest BCUT2D eigenvalue weighted by Crippen LogP contribution is 2.46. The lowest BCUT2D eigenvalue weighted by Gasteiger charge is -2.30. The SMILES string of the molecule is Cc1cc(-c2ccc(N(c3ccc(Sc4ccccc4)cc3)c3ccccc3-c3ccccc3)c(C)c2)ccc1N(c1ccc(Sc2ccccc2)cc1)c1ccccc1-c1ccccc1. The maximum atomic E-state index is 2.42. The highest BCUT2D eigenvalue weighted by molar-refractivity contribution is 7.99. The Labute approximate surface area is 397 Å². The molecule has 0 amide bonds. The Hall–Kier alpha value is -7.50. The van der Waals surface area contributed by atoms with Crippen LogP contribution in [-0.2, 0) is 0 Å². The third kappa shape index (κ3) is 9.34. The molecule has 0 aliphatic heterocycles. The van der Waals surface area contributed by atoms with E-state index in [9.17, 15) is 0 Å². The van der Waals surface area contributed by atoms with Crippen LogP contribution in [0.25, 0.3) is 33.4 Å². The Morgan fingerprint density at radius 1 is 0.258 bits per heavy atom. The van der Waals surface area contributed by atoms with Crippen LogP contribution in [0, 0.1) is 13.8 Å². The van der Waals surface area contributed by atoms with E-state index in [0.717, 1.165) is 34.1 Å². The molecule has 0 radical (unpaired) electrons. The summed E-state index contributed by atoms with van der Waals surface area (Å²) in [7, 11) is 0. The van der Waals surface area contributed by atoms with Crippen LogP contribution >= 0.6 is 23.5 Å². The smallest absolute Gasteiger partial charge is 0.0540 e. The van der Waals surface area contributed by atoms with Crippen molar-refractivity contribution < 1.29 is 0 Å². The van der Waals surface area contributed by atoms with Crippen LogP contribution in [0.2, 0.25) is 0 Å². The molecule has 0 aliphatic rings. The quantitative estimate of drug-likeness (QED) is 0.114. The predicted molar refractivity (Wildman–Crippen MR) is 283 cm³/mol. The highest BCUT2D eigenvalue weighted by atomic mass is 32.2. The fourth-order valence-electron chi connectivity index (χ4n) is 8.62. The summed E-state index contributed by atoms with van der Waals surface area (Å²) in [5, 5.41) is 0. The van der Waals surface area contributed by atoms with E-state index in [1.807, 2.05) is 0 Å². The minimum atomic E-state index is 1.11. The molecule has 0 N–H and O–H groups in total. The first-order chi connectivity index (χ1) is 32.6. The maximum absolute atomic E-state index is 2.42. The fourth-order valence-corrected chi connectivity index (χ4v) is 10.3. The minimum absolute atomic E-state index is 1.11. The molecule has 0 aliphatic carbocycles. The van der Waals surface area contributed by atoms with Crippen LogP contribution in [0.15, 0.2) is 274 Å². The lowest BCUT2D eigenvalue weighted by molar-refractivity contribution is 1.23. The Balaban J connectivity index is 1.02. The average Bonchev–Trinajstić information content (AvgIpc) is 3.37. The first kappa shape index (κ1) is 42.5. The lowest BCUT2D eigenvalue weighted by Crippen LogP contribution is -2.13. The Kier molecular flexibility index (Phi) is 12.7. The second-order valence-electron chi connectivity index (χ2n) is 16.3. The van der Waals surface area contributed by atoms with Gasteiger partial charge < -0.3 is 9.80 Å². The average molecular weight is 885 g/mol. The van der Waals surface area contributed by atoms with E-state index in [-0.39, 0.29) is 0 Å². The van der Waals surface area contributed by atoms with Crippen LogP contribution in [0.5, 0.6) is 0 Å². The molecule has 318 valence electrons. The van der Waals surface area contributed by atoms with Gasteiger partial charge in [-0.05, 0) is 156 Å². The minimum Gasteiger partial charge on any atom is -0.310 e. The number of hydrogen-bond acceptors (Lipinski definition) is 4. The van der Waals surface area contributed by atoms with Gasteiger partial charge in [0.15, 0.2) is 0 Å². The van der Waals surface area contributed by atoms with Crippen LogP contribution in [-0.4, -0.2) is 0 Å². The monoisotopic (exact) mass is 884 g/mol. The number of nitrogens with zero attached hydrogens (tertiary/aromatic N) is 2. The second kappa shape index (κ2) is 19.7. The Morgan fingerprint density at radius 2 is 0.576 bits per heavy atom. The molecule has 10 aromatic carbocycles. The van der Waals surface area contributed by atoms with Crippen LogP contribution in [0.3, 0.4) is 0 Å². The number of anilines is 6. The number of rotatable bonds is 13. The van der Waals surface area contributed by atoms with Crippen molar-refractivity contribution in [2.24, 2.45) is 0 Å². The van der Waals surface area contributed by atoms with Crippen molar-refractivity contribution in [3.63, 3.8) is 0 Å². The summed E-state index contributed by atoms with van der Waals surface area (Å²) in [5.74, 6) is 0. The van der Waals surface area contributed by atoms with E-state index < -0.39 is 0 Å². The van der Waals surface area contributed by atoms with Gasteiger partial charge in [-0.15, -0.1) is 0 Å². The molecule has 66 heavy (non-hydrogen) atoms.